The summed E-state index contributed by atoms with van der Waals surface area (Å²) in [5, 5.41) is 0. The van der Waals surface area contributed by atoms with Crippen LogP contribution in [0, 0.1) is 0 Å². The predicted octanol–water partition coefficient (Wildman–Crippen LogP) is 7.92. The van der Waals surface area contributed by atoms with Crippen molar-refractivity contribution in [2.45, 2.75) is 219 Å². The molecule has 0 aliphatic rings. The normalized spacial score (nSPS) is 11.5. The highest BCUT2D eigenvalue weighted by molar-refractivity contribution is 4.51. The molecular weight excluding hydrogens is 648 g/mol. The maximum atomic E-state index is 2.30. The highest BCUT2D eigenvalue weighted by Gasteiger charge is 2.06. The molecule has 0 amide bonds. The monoisotopic (exact) mass is 739 g/mol. The highest BCUT2D eigenvalue weighted by Crippen LogP contribution is 2.15. The second kappa shape index (κ2) is 41.9. The van der Waals surface area contributed by atoms with Crippen LogP contribution in [0.1, 0.15) is 219 Å². The minimum Gasteiger partial charge on any atom is -1.00 e. The molecule has 0 aliphatic carbocycles. The Hall–Kier alpha value is 0.690. The van der Waals surface area contributed by atoms with Gasteiger partial charge in [-0.25, -0.2) is 0 Å². The van der Waals surface area contributed by atoms with E-state index in [9.17, 15) is 0 Å². The molecule has 0 aromatic carbocycles. The van der Waals surface area contributed by atoms with Crippen LogP contribution in [0.5, 0.6) is 0 Å². The van der Waals surface area contributed by atoms with E-state index in [-0.39, 0.29) is 29.4 Å². The molecule has 0 aliphatic heterocycles. The standard InChI is InChI=1S/2C21H46N.BrH.ClH/c2*1-5-6-7-8-9-10-11-12-13-14-15-16-17-18-19-20-21-22(2,3)4;;/h2*5-21H2,1-4H3;2*1H/q2*+1;;/p-2. The number of quaternary nitrogens is 2. The van der Waals surface area contributed by atoms with Crippen LogP contribution in [-0.4, -0.2) is 64.3 Å². The lowest BCUT2D eigenvalue weighted by Gasteiger charge is -2.23. The predicted molar refractivity (Wildman–Crippen MR) is 205 cm³/mol. The van der Waals surface area contributed by atoms with Crippen molar-refractivity contribution < 1.29 is 38.4 Å². The van der Waals surface area contributed by atoms with E-state index >= 15 is 0 Å². The SMILES string of the molecule is CCCCCCCCCCCCCCCCCC[N+](C)(C)C.CCCCCCCCCCCCCCCCCC[N+](C)(C)C.[Br-].[Cl-]. The molecule has 4 heteroatoms. The summed E-state index contributed by atoms with van der Waals surface area (Å²) < 4.78 is 2.25. The van der Waals surface area contributed by atoms with Crippen LogP contribution in [0.25, 0.3) is 0 Å². The van der Waals surface area contributed by atoms with Gasteiger partial charge >= 0.3 is 0 Å². The van der Waals surface area contributed by atoms with E-state index in [0.717, 1.165) is 8.97 Å². The van der Waals surface area contributed by atoms with Crippen molar-refractivity contribution in [3.05, 3.63) is 0 Å². The average molecular weight is 741 g/mol. The fourth-order valence-corrected chi connectivity index (χ4v) is 6.27. The molecule has 0 spiro atoms. The van der Waals surface area contributed by atoms with Crippen LogP contribution in [0.4, 0.5) is 0 Å². The van der Waals surface area contributed by atoms with Crippen LogP contribution < -0.4 is 29.4 Å². The quantitative estimate of drug-likeness (QED) is 0.0465. The zero-order valence-electron chi connectivity index (χ0n) is 33.7. The third-order valence-corrected chi connectivity index (χ3v) is 9.36. The summed E-state index contributed by atoms with van der Waals surface area (Å²) in [6.45, 7) is 7.26. The molecule has 46 heavy (non-hydrogen) atoms. The second-order valence-corrected chi connectivity index (χ2v) is 16.6. The third kappa shape index (κ3) is 57.0. The number of unbranched alkanes of at least 4 members (excludes halogenated alkanes) is 30. The Morgan fingerprint density at radius 2 is 0.370 bits per heavy atom. The van der Waals surface area contributed by atoms with Crippen LogP contribution >= 0.6 is 0 Å². The molecule has 0 N–H and O–H groups in total. The molecule has 0 radical (unpaired) electrons. The molecule has 0 bridgehead atoms. The van der Waals surface area contributed by atoms with Gasteiger partial charge in [-0.05, 0) is 25.7 Å². The van der Waals surface area contributed by atoms with Gasteiger partial charge in [-0.2, -0.15) is 0 Å². The maximum absolute atomic E-state index is 2.30. The number of hydrogen-bond acceptors (Lipinski definition) is 0. The Kier molecular flexibility index (Phi) is 48.7. The molecule has 0 heterocycles. The van der Waals surface area contributed by atoms with Crippen molar-refractivity contribution in [3.63, 3.8) is 0 Å². The minimum atomic E-state index is 0. The molecule has 0 aromatic rings. The first-order chi connectivity index (χ1) is 21.1. The van der Waals surface area contributed by atoms with Gasteiger partial charge in [0.15, 0.2) is 0 Å². The van der Waals surface area contributed by atoms with Crippen molar-refractivity contribution in [2.75, 3.05) is 55.4 Å². The molecular formula is C42H92BrClN2. The Labute approximate surface area is 311 Å². The molecule has 0 atom stereocenters. The lowest BCUT2D eigenvalue weighted by molar-refractivity contribution is -0.870. The van der Waals surface area contributed by atoms with Crippen molar-refractivity contribution >= 4 is 0 Å². The topological polar surface area (TPSA) is 0 Å². The Morgan fingerprint density at radius 3 is 0.500 bits per heavy atom. The van der Waals surface area contributed by atoms with Crippen LogP contribution in [0.2, 0.25) is 0 Å². The molecule has 0 fully saturated rings. The summed E-state index contributed by atoms with van der Waals surface area (Å²) in [5.74, 6) is 0. The van der Waals surface area contributed by atoms with Gasteiger partial charge in [0.25, 0.3) is 0 Å². The maximum Gasteiger partial charge on any atom is 0.0780 e. The summed E-state index contributed by atoms with van der Waals surface area (Å²) >= 11 is 0. The van der Waals surface area contributed by atoms with Gasteiger partial charge in [-0.3, -0.25) is 0 Å². The van der Waals surface area contributed by atoms with E-state index in [4.69, 9.17) is 0 Å². The van der Waals surface area contributed by atoms with E-state index in [0.29, 0.717) is 0 Å². The van der Waals surface area contributed by atoms with E-state index < -0.39 is 0 Å². The van der Waals surface area contributed by atoms with Crippen molar-refractivity contribution in [2.24, 2.45) is 0 Å². The minimum absolute atomic E-state index is 0. The first kappa shape index (κ1) is 53.5. The van der Waals surface area contributed by atoms with Crippen LogP contribution in [0.15, 0.2) is 0 Å². The first-order valence-electron chi connectivity index (χ1n) is 20.7. The van der Waals surface area contributed by atoms with E-state index in [1.54, 1.807) is 0 Å². The number of hydrogen-bond donors (Lipinski definition) is 0. The molecule has 0 saturated carbocycles. The van der Waals surface area contributed by atoms with Crippen molar-refractivity contribution in [1.82, 2.24) is 0 Å². The lowest BCUT2D eigenvalue weighted by atomic mass is 10.0. The van der Waals surface area contributed by atoms with Gasteiger partial charge in [-0.15, -0.1) is 0 Å². The van der Waals surface area contributed by atoms with E-state index in [2.05, 4.69) is 56.1 Å². The molecule has 284 valence electrons. The Bertz CT molecular complexity index is 469. The second-order valence-electron chi connectivity index (χ2n) is 16.6. The van der Waals surface area contributed by atoms with Gasteiger partial charge in [-0.1, -0.05) is 194 Å². The fourth-order valence-electron chi connectivity index (χ4n) is 6.27. The van der Waals surface area contributed by atoms with Crippen molar-refractivity contribution in [1.29, 1.82) is 0 Å². The summed E-state index contributed by atoms with van der Waals surface area (Å²) in [7, 11) is 13.8. The van der Waals surface area contributed by atoms with Gasteiger partial charge in [0.1, 0.15) is 0 Å². The largest absolute Gasteiger partial charge is 1.00 e. The zero-order chi connectivity index (χ0) is 33.0. The fraction of sp³-hybridized carbons (Fsp3) is 1.00. The molecule has 0 rings (SSSR count). The summed E-state index contributed by atoms with van der Waals surface area (Å²) in [5.41, 5.74) is 0. The average Bonchev–Trinajstić information content (AvgIpc) is 2.96. The number of nitrogens with zero attached hydrogens (tertiary/aromatic N) is 2. The lowest BCUT2D eigenvalue weighted by Crippen LogP contribution is -3.00. The number of halogens is 2. The zero-order valence-corrected chi connectivity index (χ0v) is 36.0. The molecule has 2 nitrogen and oxygen atoms in total. The van der Waals surface area contributed by atoms with E-state index in [1.807, 2.05) is 0 Å². The molecule has 0 aromatic heterocycles. The number of rotatable bonds is 34. The van der Waals surface area contributed by atoms with Gasteiger partial charge < -0.3 is 38.4 Å². The van der Waals surface area contributed by atoms with Crippen LogP contribution in [-0.2, 0) is 0 Å². The summed E-state index contributed by atoms with van der Waals surface area (Å²) in [6.07, 6.45) is 46.7. The molecule has 0 unspecified atom stereocenters. The first-order valence-corrected chi connectivity index (χ1v) is 20.7. The van der Waals surface area contributed by atoms with E-state index in [1.165, 1.54) is 219 Å². The van der Waals surface area contributed by atoms with Gasteiger partial charge in [0.2, 0.25) is 0 Å². The Balaban J connectivity index is -0.000000367. The summed E-state index contributed by atoms with van der Waals surface area (Å²) in [6, 6.07) is 0. The summed E-state index contributed by atoms with van der Waals surface area (Å²) in [4.78, 5) is 0. The Morgan fingerprint density at radius 1 is 0.239 bits per heavy atom. The van der Waals surface area contributed by atoms with Gasteiger partial charge in [0, 0.05) is 0 Å². The van der Waals surface area contributed by atoms with Gasteiger partial charge in [0.05, 0.1) is 55.4 Å². The van der Waals surface area contributed by atoms with Crippen LogP contribution in [0.3, 0.4) is 0 Å². The molecule has 0 saturated heterocycles. The van der Waals surface area contributed by atoms with Crippen molar-refractivity contribution in [3.8, 4) is 0 Å². The smallest absolute Gasteiger partial charge is 0.0780 e. The highest BCUT2D eigenvalue weighted by atomic mass is 79.9. The third-order valence-electron chi connectivity index (χ3n) is 9.36.